The van der Waals surface area contributed by atoms with Crippen LogP contribution in [-0.2, 0) is 19.6 Å². The van der Waals surface area contributed by atoms with Gasteiger partial charge in [-0.15, -0.1) is 0 Å². The molecule has 0 bridgehead atoms. The lowest BCUT2D eigenvalue weighted by molar-refractivity contribution is -0.127. The number of ether oxygens (including phenoxy) is 1. The first-order valence-corrected chi connectivity index (χ1v) is 10.9. The highest BCUT2D eigenvalue weighted by molar-refractivity contribution is 7.92. The van der Waals surface area contributed by atoms with E-state index in [9.17, 15) is 27.2 Å². The van der Waals surface area contributed by atoms with Crippen LogP contribution in [-0.4, -0.2) is 61.9 Å². The predicted octanol–water partition coefficient (Wildman–Crippen LogP) is 1.82. The molecule has 0 unspecified atom stereocenters. The van der Waals surface area contributed by atoms with Gasteiger partial charge in [0.05, 0.1) is 10.9 Å². The van der Waals surface area contributed by atoms with Crippen molar-refractivity contribution in [1.82, 2.24) is 9.80 Å². The van der Waals surface area contributed by atoms with Gasteiger partial charge in [0.25, 0.3) is 21.8 Å². The number of benzene rings is 2. The van der Waals surface area contributed by atoms with Crippen LogP contribution in [0, 0.1) is 5.82 Å². The third kappa shape index (κ3) is 4.22. The second kappa shape index (κ2) is 7.99. The maximum Gasteiger partial charge on any atom is 0.417 e. The van der Waals surface area contributed by atoms with Crippen molar-refractivity contribution in [3.8, 4) is 0 Å². The van der Waals surface area contributed by atoms with Crippen molar-refractivity contribution in [2.45, 2.75) is 17.4 Å². The van der Waals surface area contributed by atoms with Gasteiger partial charge in [0.15, 0.2) is 6.61 Å². The highest BCUT2D eigenvalue weighted by atomic mass is 32.2. The fraction of sp³-hybridized carbons (Fsp3) is 0.250. The lowest BCUT2D eigenvalue weighted by Crippen LogP contribution is -2.42. The molecule has 9 nitrogen and oxygen atoms in total. The Balaban J connectivity index is 1.48. The minimum absolute atomic E-state index is 0.143. The summed E-state index contributed by atoms with van der Waals surface area (Å²) in [6.07, 6.45) is -0.281. The molecule has 1 atom stereocenters. The number of anilines is 1. The van der Waals surface area contributed by atoms with Crippen molar-refractivity contribution in [1.29, 1.82) is 0 Å². The standard InChI is InChI=1S/C20H18FN3O6S/c21-14-4-2-6-17(10-14)31(28,29)22-15-5-1-3-13(9-15)19(26)23-8-7-16(11-23)24-18(25)12-30-20(24)27/h1-6,9-10,16,22H,7-8,11-12H2/t16-/m1/s1. The van der Waals surface area contributed by atoms with Gasteiger partial charge in [0.1, 0.15) is 5.82 Å². The molecule has 4 rings (SSSR count). The fourth-order valence-corrected chi connectivity index (χ4v) is 4.68. The highest BCUT2D eigenvalue weighted by Gasteiger charge is 2.41. The molecule has 2 heterocycles. The Labute approximate surface area is 177 Å². The number of carbonyl (C=O) groups is 3. The number of hydrogen-bond donors (Lipinski definition) is 1. The van der Waals surface area contributed by atoms with Crippen molar-refractivity contribution < 1.29 is 31.9 Å². The molecular weight excluding hydrogens is 429 g/mol. The molecule has 3 amide bonds. The van der Waals surface area contributed by atoms with Gasteiger partial charge in [-0.3, -0.25) is 14.3 Å². The van der Waals surface area contributed by atoms with E-state index in [0.717, 1.165) is 17.0 Å². The van der Waals surface area contributed by atoms with E-state index in [-0.39, 0.29) is 35.2 Å². The number of halogens is 1. The Bertz CT molecular complexity index is 1150. The summed E-state index contributed by atoms with van der Waals surface area (Å²) in [5.41, 5.74) is 0.375. The Kier molecular flexibility index (Phi) is 5.36. The highest BCUT2D eigenvalue weighted by Crippen LogP contribution is 2.23. The number of nitrogens with zero attached hydrogens (tertiary/aromatic N) is 2. The van der Waals surface area contributed by atoms with Crippen LogP contribution < -0.4 is 4.72 Å². The molecule has 2 aliphatic rings. The molecule has 0 aliphatic carbocycles. The SMILES string of the molecule is O=C(c1cccc(NS(=O)(=O)c2cccc(F)c2)c1)N1CC[C@@H](N2C(=O)COC2=O)C1. The van der Waals surface area contributed by atoms with E-state index in [1.807, 2.05) is 0 Å². The van der Waals surface area contributed by atoms with E-state index < -0.39 is 33.9 Å². The van der Waals surface area contributed by atoms with Gasteiger partial charge in [-0.25, -0.2) is 22.5 Å². The van der Waals surface area contributed by atoms with Crippen LogP contribution in [0.2, 0.25) is 0 Å². The Morgan fingerprint density at radius 1 is 1.13 bits per heavy atom. The van der Waals surface area contributed by atoms with E-state index >= 15 is 0 Å². The summed E-state index contributed by atoms with van der Waals surface area (Å²) in [6, 6.07) is 10.0. The Morgan fingerprint density at radius 3 is 2.61 bits per heavy atom. The van der Waals surface area contributed by atoms with Crippen LogP contribution >= 0.6 is 0 Å². The van der Waals surface area contributed by atoms with Gasteiger partial charge >= 0.3 is 6.09 Å². The number of rotatable bonds is 5. The first-order chi connectivity index (χ1) is 14.7. The molecule has 11 heteroatoms. The number of nitrogens with one attached hydrogen (secondary N) is 1. The number of cyclic esters (lactones) is 1. The topological polar surface area (TPSA) is 113 Å². The molecule has 2 saturated heterocycles. The molecular formula is C20H18FN3O6S. The van der Waals surface area contributed by atoms with Gasteiger partial charge in [-0.1, -0.05) is 12.1 Å². The number of carbonyl (C=O) groups excluding carboxylic acids is 3. The molecule has 0 radical (unpaired) electrons. The second-order valence-electron chi connectivity index (χ2n) is 7.16. The van der Waals surface area contributed by atoms with E-state index in [4.69, 9.17) is 4.74 Å². The number of amides is 3. The molecule has 1 N–H and O–H groups in total. The predicted molar refractivity (Wildman–Crippen MR) is 106 cm³/mol. The smallest absolute Gasteiger partial charge is 0.417 e. The average molecular weight is 447 g/mol. The first kappa shape index (κ1) is 20.8. The monoisotopic (exact) mass is 447 g/mol. The zero-order valence-corrected chi connectivity index (χ0v) is 17.0. The van der Waals surface area contributed by atoms with Crippen LogP contribution in [0.1, 0.15) is 16.8 Å². The first-order valence-electron chi connectivity index (χ1n) is 9.41. The van der Waals surface area contributed by atoms with Gasteiger partial charge in [0, 0.05) is 24.3 Å². The van der Waals surface area contributed by atoms with Crippen LogP contribution in [0.3, 0.4) is 0 Å². The molecule has 0 saturated carbocycles. The van der Waals surface area contributed by atoms with Crippen molar-refractivity contribution in [3.05, 3.63) is 59.9 Å². The summed E-state index contributed by atoms with van der Waals surface area (Å²) >= 11 is 0. The van der Waals surface area contributed by atoms with Gasteiger partial charge < -0.3 is 9.64 Å². The van der Waals surface area contributed by atoms with Crippen LogP contribution in [0.25, 0.3) is 0 Å². The lowest BCUT2D eigenvalue weighted by atomic mass is 10.2. The summed E-state index contributed by atoms with van der Waals surface area (Å²) in [5.74, 6) is -1.48. The minimum Gasteiger partial charge on any atom is -0.439 e. The minimum atomic E-state index is -4.04. The average Bonchev–Trinajstić information content (AvgIpc) is 3.33. The number of imide groups is 1. The summed E-state index contributed by atoms with van der Waals surface area (Å²) in [4.78, 5) is 38.7. The van der Waals surface area contributed by atoms with Crippen LogP contribution in [0.5, 0.6) is 0 Å². The third-order valence-corrected chi connectivity index (χ3v) is 6.45. The Morgan fingerprint density at radius 2 is 1.90 bits per heavy atom. The third-order valence-electron chi connectivity index (χ3n) is 5.07. The number of sulfonamides is 1. The molecule has 162 valence electrons. The quantitative estimate of drug-likeness (QED) is 0.748. The molecule has 2 aromatic carbocycles. The number of likely N-dealkylation sites (tertiary alicyclic amines) is 1. The summed E-state index contributed by atoms with van der Waals surface area (Å²) < 4.78 is 45.4. The zero-order valence-electron chi connectivity index (χ0n) is 16.2. The van der Waals surface area contributed by atoms with Gasteiger partial charge in [-0.2, -0.15) is 0 Å². The fourth-order valence-electron chi connectivity index (χ4n) is 3.60. The molecule has 31 heavy (non-hydrogen) atoms. The van der Waals surface area contributed by atoms with E-state index in [1.165, 1.54) is 41.3 Å². The van der Waals surface area contributed by atoms with Gasteiger partial charge in [-0.05, 0) is 42.8 Å². The van der Waals surface area contributed by atoms with E-state index in [0.29, 0.717) is 13.0 Å². The maximum absolute atomic E-state index is 13.4. The van der Waals surface area contributed by atoms with Crippen molar-refractivity contribution >= 4 is 33.6 Å². The maximum atomic E-state index is 13.4. The normalized spacial score (nSPS) is 18.9. The summed E-state index contributed by atoms with van der Waals surface area (Å²) in [7, 11) is -4.04. The van der Waals surface area contributed by atoms with Crippen LogP contribution in [0.15, 0.2) is 53.4 Å². The molecule has 0 spiro atoms. The van der Waals surface area contributed by atoms with E-state index in [1.54, 1.807) is 0 Å². The van der Waals surface area contributed by atoms with Crippen molar-refractivity contribution in [2.24, 2.45) is 0 Å². The molecule has 2 aliphatic heterocycles. The van der Waals surface area contributed by atoms with E-state index in [2.05, 4.69) is 4.72 Å². The largest absolute Gasteiger partial charge is 0.439 e. The van der Waals surface area contributed by atoms with Crippen LogP contribution in [0.4, 0.5) is 14.9 Å². The summed E-state index contributed by atoms with van der Waals surface area (Å²) in [6.45, 7) is 0.204. The Hall–Kier alpha value is -3.47. The zero-order chi connectivity index (χ0) is 22.2. The molecule has 2 aromatic rings. The molecule has 2 fully saturated rings. The second-order valence-corrected chi connectivity index (χ2v) is 8.84. The van der Waals surface area contributed by atoms with Crippen molar-refractivity contribution in [3.63, 3.8) is 0 Å². The lowest BCUT2D eigenvalue weighted by Gasteiger charge is -2.20. The summed E-state index contributed by atoms with van der Waals surface area (Å²) in [5, 5.41) is 0. The van der Waals surface area contributed by atoms with Gasteiger partial charge in [0.2, 0.25) is 0 Å². The van der Waals surface area contributed by atoms with Crippen molar-refractivity contribution in [2.75, 3.05) is 24.4 Å². The molecule has 0 aromatic heterocycles. The number of hydrogen-bond acceptors (Lipinski definition) is 6.